The second-order valence-corrected chi connectivity index (χ2v) is 4.41. The van der Waals surface area contributed by atoms with E-state index in [0.29, 0.717) is 29.1 Å². The number of nitro benzene ring substituents is 1. The van der Waals surface area contributed by atoms with Crippen molar-refractivity contribution in [3.05, 3.63) is 57.5 Å². The number of nitro groups is 1. The first-order valence-electron chi connectivity index (χ1n) is 6.16. The van der Waals surface area contributed by atoms with Crippen molar-refractivity contribution in [1.82, 2.24) is 0 Å². The zero-order valence-corrected chi connectivity index (χ0v) is 11.6. The van der Waals surface area contributed by atoms with Crippen LogP contribution in [0, 0.1) is 17.0 Å². The van der Waals surface area contributed by atoms with E-state index in [-0.39, 0.29) is 5.69 Å². The van der Waals surface area contributed by atoms with Gasteiger partial charge >= 0.3 is 5.97 Å². The maximum Gasteiger partial charge on any atom is 0.341 e. The summed E-state index contributed by atoms with van der Waals surface area (Å²) in [4.78, 5) is 21.7. The van der Waals surface area contributed by atoms with E-state index in [1.54, 1.807) is 25.1 Å². The molecule has 0 atom stereocenters. The van der Waals surface area contributed by atoms with Gasteiger partial charge in [0.05, 0.1) is 24.1 Å². The lowest BCUT2D eigenvalue weighted by molar-refractivity contribution is -0.385. The van der Waals surface area contributed by atoms with E-state index < -0.39 is 10.9 Å². The molecule has 1 aromatic heterocycles. The van der Waals surface area contributed by atoms with Crippen molar-refractivity contribution >= 4 is 17.3 Å². The largest absolute Gasteiger partial charge is 0.467 e. The number of nitrogens with one attached hydrogen (secondary N) is 1. The number of anilines is 1. The van der Waals surface area contributed by atoms with Gasteiger partial charge in [-0.3, -0.25) is 10.1 Å². The van der Waals surface area contributed by atoms with Crippen LogP contribution in [0.2, 0.25) is 0 Å². The van der Waals surface area contributed by atoms with Crippen LogP contribution >= 0.6 is 0 Å². The van der Waals surface area contributed by atoms with Crippen molar-refractivity contribution in [3.63, 3.8) is 0 Å². The number of hydrogen-bond acceptors (Lipinski definition) is 6. The Morgan fingerprint density at radius 3 is 2.86 bits per heavy atom. The van der Waals surface area contributed by atoms with Gasteiger partial charge in [-0.05, 0) is 19.1 Å². The number of esters is 1. The number of methoxy groups -OCH3 is 1. The van der Waals surface area contributed by atoms with Crippen molar-refractivity contribution in [2.75, 3.05) is 12.4 Å². The molecule has 0 saturated carbocycles. The van der Waals surface area contributed by atoms with Gasteiger partial charge in [0.15, 0.2) is 0 Å². The number of benzene rings is 1. The lowest BCUT2D eigenvalue weighted by atomic mass is 10.2. The van der Waals surface area contributed by atoms with Crippen LogP contribution in [0.5, 0.6) is 0 Å². The summed E-state index contributed by atoms with van der Waals surface area (Å²) in [5.41, 5.74) is 1.57. The maximum atomic E-state index is 11.3. The summed E-state index contributed by atoms with van der Waals surface area (Å²) in [6, 6.07) is 6.43. The molecule has 7 heteroatoms. The molecule has 0 amide bonds. The molecular weight excluding hydrogens is 276 g/mol. The molecule has 0 saturated heterocycles. The summed E-state index contributed by atoms with van der Waals surface area (Å²) in [5, 5.41) is 13.9. The Kier molecular flexibility index (Phi) is 4.22. The molecule has 2 rings (SSSR count). The fraction of sp³-hybridized carbons (Fsp3) is 0.214. The highest BCUT2D eigenvalue weighted by Crippen LogP contribution is 2.22. The number of furan rings is 1. The summed E-state index contributed by atoms with van der Waals surface area (Å²) < 4.78 is 9.79. The number of carbonyl (C=O) groups is 1. The van der Waals surface area contributed by atoms with Crippen molar-refractivity contribution in [3.8, 4) is 0 Å². The number of rotatable bonds is 5. The van der Waals surface area contributed by atoms with Gasteiger partial charge in [-0.15, -0.1) is 0 Å². The van der Waals surface area contributed by atoms with E-state index >= 15 is 0 Å². The van der Waals surface area contributed by atoms with Gasteiger partial charge in [0.25, 0.3) is 5.69 Å². The fourth-order valence-corrected chi connectivity index (χ4v) is 1.80. The Balaban J connectivity index is 2.06. The van der Waals surface area contributed by atoms with Gasteiger partial charge in [-0.25, -0.2) is 4.79 Å². The van der Waals surface area contributed by atoms with Crippen LogP contribution in [0.15, 0.2) is 34.9 Å². The minimum Gasteiger partial charge on any atom is -0.467 e. The van der Waals surface area contributed by atoms with Gasteiger partial charge < -0.3 is 14.5 Å². The molecule has 110 valence electrons. The summed E-state index contributed by atoms with van der Waals surface area (Å²) in [6.45, 7) is 1.98. The third kappa shape index (κ3) is 3.38. The maximum absolute atomic E-state index is 11.3. The molecule has 0 fully saturated rings. The summed E-state index contributed by atoms with van der Waals surface area (Å²) in [7, 11) is 1.29. The van der Waals surface area contributed by atoms with E-state index in [2.05, 4.69) is 10.1 Å². The monoisotopic (exact) mass is 290 g/mol. The molecule has 0 radical (unpaired) electrons. The van der Waals surface area contributed by atoms with Gasteiger partial charge in [-0.1, -0.05) is 6.07 Å². The van der Waals surface area contributed by atoms with E-state index in [1.807, 2.05) is 0 Å². The molecule has 0 unspecified atom stereocenters. The smallest absolute Gasteiger partial charge is 0.341 e. The van der Waals surface area contributed by atoms with Gasteiger partial charge in [0.1, 0.15) is 12.0 Å². The molecular formula is C14H14N2O5. The van der Waals surface area contributed by atoms with Crippen LogP contribution in [0.25, 0.3) is 0 Å². The lowest BCUT2D eigenvalue weighted by Gasteiger charge is -2.05. The number of aryl methyl sites for hydroxylation is 1. The highest BCUT2D eigenvalue weighted by atomic mass is 16.6. The molecule has 1 N–H and O–H groups in total. The summed E-state index contributed by atoms with van der Waals surface area (Å²) in [5.74, 6) is 0.0506. The van der Waals surface area contributed by atoms with E-state index in [1.165, 1.54) is 19.4 Å². The topological polar surface area (TPSA) is 94.6 Å². The number of hydrogen-bond donors (Lipinski definition) is 1. The van der Waals surface area contributed by atoms with Crippen LogP contribution < -0.4 is 5.32 Å². The molecule has 0 spiro atoms. The van der Waals surface area contributed by atoms with Crippen LogP contribution in [-0.2, 0) is 11.3 Å². The predicted molar refractivity (Wildman–Crippen MR) is 75.2 cm³/mol. The minimum absolute atomic E-state index is 0.0506. The molecule has 0 aliphatic carbocycles. The summed E-state index contributed by atoms with van der Waals surface area (Å²) in [6.07, 6.45) is 1.31. The molecule has 0 bridgehead atoms. The predicted octanol–water partition coefficient (Wildman–Crippen LogP) is 2.89. The van der Waals surface area contributed by atoms with Crippen molar-refractivity contribution in [2.45, 2.75) is 13.5 Å². The number of carbonyl (C=O) groups excluding carboxylic acids is 1. The first-order valence-corrected chi connectivity index (χ1v) is 6.16. The minimum atomic E-state index is -0.476. The Morgan fingerprint density at radius 2 is 2.19 bits per heavy atom. The highest BCUT2D eigenvalue weighted by Gasteiger charge is 2.12. The first kappa shape index (κ1) is 14.6. The molecule has 0 aliphatic rings. The second kappa shape index (κ2) is 6.08. The zero-order chi connectivity index (χ0) is 15.4. The third-order valence-corrected chi connectivity index (χ3v) is 2.95. The lowest BCUT2D eigenvalue weighted by Crippen LogP contribution is -2.01. The van der Waals surface area contributed by atoms with Gasteiger partial charge in [0.2, 0.25) is 0 Å². The van der Waals surface area contributed by atoms with Crippen LogP contribution in [-0.4, -0.2) is 18.0 Å². The second-order valence-electron chi connectivity index (χ2n) is 4.41. The Hall–Kier alpha value is -2.83. The first-order chi connectivity index (χ1) is 10.0. The molecule has 0 aliphatic heterocycles. The van der Waals surface area contributed by atoms with Crippen molar-refractivity contribution in [2.24, 2.45) is 0 Å². The standard InChI is InChI=1S/C14H14N2O5/c1-9-3-4-11(6-13(9)16(18)19)15-7-12-5-10(8-21-12)14(17)20-2/h3-6,8,15H,7H2,1-2H3. The molecule has 2 aromatic rings. The van der Waals surface area contributed by atoms with Crippen LogP contribution in [0.1, 0.15) is 21.7 Å². The third-order valence-electron chi connectivity index (χ3n) is 2.95. The van der Waals surface area contributed by atoms with Crippen LogP contribution in [0.4, 0.5) is 11.4 Å². The highest BCUT2D eigenvalue weighted by molar-refractivity contribution is 5.89. The molecule has 1 aromatic carbocycles. The molecule has 7 nitrogen and oxygen atoms in total. The number of nitrogens with zero attached hydrogens (tertiary/aromatic N) is 1. The molecule has 21 heavy (non-hydrogen) atoms. The normalized spacial score (nSPS) is 10.2. The average Bonchev–Trinajstić information content (AvgIpc) is 2.94. The number of ether oxygens (including phenoxy) is 1. The molecule has 1 heterocycles. The van der Waals surface area contributed by atoms with E-state index in [4.69, 9.17) is 4.42 Å². The van der Waals surface area contributed by atoms with Gasteiger partial charge in [-0.2, -0.15) is 0 Å². The van der Waals surface area contributed by atoms with Crippen LogP contribution in [0.3, 0.4) is 0 Å². The Bertz CT molecular complexity index is 678. The SMILES string of the molecule is COC(=O)c1coc(CNc2ccc(C)c([N+](=O)[O-])c2)c1. The van der Waals surface area contributed by atoms with Crippen molar-refractivity contribution < 1.29 is 18.9 Å². The average molecular weight is 290 g/mol. The quantitative estimate of drug-likeness (QED) is 0.517. The van der Waals surface area contributed by atoms with E-state index in [0.717, 1.165) is 0 Å². The van der Waals surface area contributed by atoms with E-state index in [9.17, 15) is 14.9 Å². The zero-order valence-electron chi connectivity index (χ0n) is 11.6. The Labute approximate surface area is 120 Å². The Morgan fingerprint density at radius 1 is 1.43 bits per heavy atom. The summed E-state index contributed by atoms with van der Waals surface area (Å²) >= 11 is 0. The van der Waals surface area contributed by atoms with Gasteiger partial charge in [0, 0.05) is 17.3 Å². The fourth-order valence-electron chi connectivity index (χ4n) is 1.80. The van der Waals surface area contributed by atoms with Crippen molar-refractivity contribution in [1.29, 1.82) is 0 Å².